The van der Waals surface area contributed by atoms with Crippen LogP contribution >= 0.6 is 0 Å². The Morgan fingerprint density at radius 3 is 3.00 bits per heavy atom. The first-order valence-electron chi connectivity index (χ1n) is 5.85. The van der Waals surface area contributed by atoms with E-state index in [0.717, 1.165) is 18.4 Å². The maximum Gasteiger partial charge on any atom is 0.158 e. The molecule has 0 bridgehead atoms. The van der Waals surface area contributed by atoms with Gasteiger partial charge >= 0.3 is 0 Å². The highest BCUT2D eigenvalue weighted by Crippen LogP contribution is 2.24. The van der Waals surface area contributed by atoms with Crippen molar-refractivity contribution in [3.05, 3.63) is 24.2 Å². The summed E-state index contributed by atoms with van der Waals surface area (Å²) in [6, 6.07) is 0. The second kappa shape index (κ2) is 3.94. The Morgan fingerprint density at radius 1 is 1.44 bits per heavy atom. The van der Waals surface area contributed by atoms with Gasteiger partial charge < -0.3 is 5.73 Å². The molecule has 2 aromatic rings. The summed E-state index contributed by atoms with van der Waals surface area (Å²) in [5, 5.41) is 3.86. The van der Waals surface area contributed by atoms with Gasteiger partial charge in [0.2, 0.25) is 0 Å². The summed E-state index contributed by atoms with van der Waals surface area (Å²) in [7, 11) is -2.93. The molecule has 0 radical (unpaired) electrons. The average molecular weight is 266 g/mol. The SMILES string of the molecule is Nc1cnc2c(CC3CCCS3(=O)=O)cnn2c1. The molecule has 18 heavy (non-hydrogen) atoms. The fourth-order valence-corrected chi connectivity index (χ4v) is 4.28. The van der Waals surface area contributed by atoms with Crippen molar-refractivity contribution in [2.45, 2.75) is 24.5 Å². The third kappa shape index (κ3) is 1.84. The highest BCUT2D eigenvalue weighted by molar-refractivity contribution is 7.92. The van der Waals surface area contributed by atoms with Gasteiger partial charge in [0.1, 0.15) is 0 Å². The van der Waals surface area contributed by atoms with Crippen molar-refractivity contribution in [1.82, 2.24) is 14.6 Å². The lowest BCUT2D eigenvalue weighted by molar-refractivity contribution is 0.588. The largest absolute Gasteiger partial charge is 0.396 e. The van der Waals surface area contributed by atoms with Crippen molar-refractivity contribution in [3.8, 4) is 0 Å². The van der Waals surface area contributed by atoms with Gasteiger partial charge in [-0.2, -0.15) is 5.10 Å². The lowest BCUT2D eigenvalue weighted by Gasteiger charge is -2.07. The Hall–Kier alpha value is -1.63. The summed E-state index contributed by atoms with van der Waals surface area (Å²) in [6.45, 7) is 0. The van der Waals surface area contributed by atoms with Gasteiger partial charge in [-0.3, -0.25) is 0 Å². The molecule has 1 aliphatic rings. The van der Waals surface area contributed by atoms with Crippen molar-refractivity contribution in [3.63, 3.8) is 0 Å². The zero-order valence-electron chi connectivity index (χ0n) is 9.78. The van der Waals surface area contributed by atoms with Crippen molar-refractivity contribution in [1.29, 1.82) is 0 Å². The number of fused-ring (bicyclic) bond motifs is 1. The number of sulfone groups is 1. The molecule has 3 rings (SSSR count). The van der Waals surface area contributed by atoms with Crippen LogP contribution < -0.4 is 5.73 Å². The smallest absolute Gasteiger partial charge is 0.158 e. The van der Waals surface area contributed by atoms with E-state index in [1.54, 1.807) is 23.1 Å². The number of nitrogens with zero attached hydrogens (tertiary/aromatic N) is 3. The lowest BCUT2D eigenvalue weighted by atomic mass is 10.1. The maximum absolute atomic E-state index is 11.8. The molecule has 0 saturated carbocycles. The number of anilines is 1. The first kappa shape index (κ1) is 11.5. The number of rotatable bonds is 2. The van der Waals surface area contributed by atoms with E-state index in [1.165, 1.54) is 0 Å². The monoisotopic (exact) mass is 266 g/mol. The van der Waals surface area contributed by atoms with E-state index in [4.69, 9.17) is 5.73 Å². The molecule has 96 valence electrons. The normalized spacial score (nSPS) is 22.6. The standard InChI is InChI=1S/C11H14N4O2S/c12-9-6-13-11-8(5-14-15(11)7-9)4-10-2-1-3-18(10,16)17/h5-7,10H,1-4,12H2. The van der Waals surface area contributed by atoms with Gasteiger partial charge in [-0.1, -0.05) is 0 Å². The maximum atomic E-state index is 11.8. The molecule has 1 saturated heterocycles. The van der Waals surface area contributed by atoms with Crippen LogP contribution in [0.5, 0.6) is 0 Å². The molecular formula is C11H14N4O2S. The van der Waals surface area contributed by atoms with E-state index >= 15 is 0 Å². The van der Waals surface area contributed by atoms with Crippen LogP contribution in [0.4, 0.5) is 5.69 Å². The molecule has 1 atom stereocenters. The topological polar surface area (TPSA) is 90.3 Å². The first-order valence-corrected chi connectivity index (χ1v) is 7.57. The summed E-state index contributed by atoms with van der Waals surface area (Å²) in [4.78, 5) is 4.21. The fourth-order valence-electron chi connectivity index (χ4n) is 2.41. The molecular weight excluding hydrogens is 252 g/mol. The molecule has 0 spiro atoms. The van der Waals surface area contributed by atoms with Gasteiger partial charge in [-0.05, 0) is 19.3 Å². The number of nitrogen functional groups attached to an aromatic ring is 1. The van der Waals surface area contributed by atoms with Gasteiger partial charge in [0.15, 0.2) is 15.5 Å². The number of hydrogen-bond acceptors (Lipinski definition) is 5. The van der Waals surface area contributed by atoms with Crippen LogP contribution in [0.2, 0.25) is 0 Å². The van der Waals surface area contributed by atoms with Crippen LogP contribution in [-0.4, -0.2) is 34.0 Å². The number of nitrogens with two attached hydrogens (primary N) is 1. The Labute approximate surface area is 105 Å². The third-order valence-corrected chi connectivity index (χ3v) is 5.64. The lowest BCUT2D eigenvalue weighted by Crippen LogP contribution is -2.18. The predicted octanol–water partition coefficient (Wildman–Crippen LogP) is 0.431. The molecule has 0 aromatic carbocycles. The summed E-state index contributed by atoms with van der Waals surface area (Å²) in [5.41, 5.74) is 7.71. The van der Waals surface area contributed by atoms with Gasteiger partial charge in [0.05, 0.1) is 35.3 Å². The first-order chi connectivity index (χ1) is 8.56. The molecule has 6 nitrogen and oxygen atoms in total. The van der Waals surface area contributed by atoms with Crippen LogP contribution in [0, 0.1) is 0 Å². The van der Waals surface area contributed by atoms with Crippen molar-refractivity contribution in [2.24, 2.45) is 0 Å². The summed E-state index contributed by atoms with van der Waals surface area (Å²) in [5.74, 6) is 0.303. The summed E-state index contributed by atoms with van der Waals surface area (Å²) >= 11 is 0. The van der Waals surface area contributed by atoms with Crippen LogP contribution in [0.1, 0.15) is 18.4 Å². The molecule has 7 heteroatoms. The van der Waals surface area contributed by atoms with E-state index in [9.17, 15) is 8.42 Å². The minimum atomic E-state index is -2.93. The van der Waals surface area contributed by atoms with Crippen molar-refractivity contribution < 1.29 is 8.42 Å². The minimum absolute atomic E-state index is 0.287. The Kier molecular flexibility index (Phi) is 2.51. The van der Waals surface area contributed by atoms with Crippen molar-refractivity contribution in [2.75, 3.05) is 11.5 Å². The molecule has 1 fully saturated rings. The van der Waals surface area contributed by atoms with Crippen molar-refractivity contribution >= 4 is 21.2 Å². The molecule has 0 aliphatic carbocycles. The van der Waals surface area contributed by atoms with Crippen LogP contribution in [0.3, 0.4) is 0 Å². The number of aromatic nitrogens is 3. The summed E-state index contributed by atoms with van der Waals surface area (Å²) in [6.07, 6.45) is 6.89. The van der Waals surface area contributed by atoms with Crippen LogP contribution in [0.25, 0.3) is 5.65 Å². The van der Waals surface area contributed by atoms with Crippen LogP contribution in [-0.2, 0) is 16.3 Å². The fraction of sp³-hybridized carbons (Fsp3) is 0.455. The molecule has 2 N–H and O–H groups in total. The second-order valence-corrected chi connectivity index (χ2v) is 7.06. The van der Waals surface area contributed by atoms with E-state index < -0.39 is 9.84 Å². The average Bonchev–Trinajstić information content (AvgIpc) is 2.84. The van der Waals surface area contributed by atoms with Gasteiger partial charge in [0, 0.05) is 5.56 Å². The van der Waals surface area contributed by atoms with E-state index in [-0.39, 0.29) is 5.25 Å². The molecule has 1 unspecified atom stereocenters. The highest BCUT2D eigenvalue weighted by atomic mass is 32.2. The Balaban J connectivity index is 1.96. The summed E-state index contributed by atoms with van der Waals surface area (Å²) < 4.78 is 25.2. The van der Waals surface area contributed by atoms with Gasteiger partial charge in [-0.25, -0.2) is 17.9 Å². The van der Waals surface area contributed by atoms with Gasteiger partial charge in [-0.15, -0.1) is 0 Å². The minimum Gasteiger partial charge on any atom is -0.396 e. The van der Waals surface area contributed by atoms with E-state index in [2.05, 4.69) is 10.1 Å². The predicted molar refractivity (Wildman–Crippen MR) is 67.9 cm³/mol. The van der Waals surface area contributed by atoms with Gasteiger partial charge in [0.25, 0.3) is 0 Å². The quantitative estimate of drug-likeness (QED) is 0.851. The molecule has 1 aliphatic heterocycles. The molecule has 3 heterocycles. The number of hydrogen-bond donors (Lipinski definition) is 1. The highest BCUT2D eigenvalue weighted by Gasteiger charge is 2.32. The zero-order valence-corrected chi connectivity index (χ0v) is 10.6. The van der Waals surface area contributed by atoms with E-state index in [0.29, 0.717) is 23.5 Å². The van der Waals surface area contributed by atoms with E-state index in [1.807, 2.05) is 0 Å². The van der Waals surface area contributed by atoms with Crippen LogP contribution in [0.15, 0.2) is 18.6 Å². The second-order valence-electron chi connectivity index (χ2n) is 4.66. The Bertz CT molecular complexity index is 692. The molecule has 2 aromatic heterocycles. The Morgan fingerprint density at radius 2 is 2.28 bits per heavy atom. The third-order valence-electron chi connectivity index (χ3n) is 3.36. The zero-order chi connectivity index (χ0) is 12.8. The molecule has 0 amide bonds.